The molecule has 0 aliphatic rings. The lowest BCUT2D eigenvalue weighted by Crippen LogP contribution is -2.22. The number of aromatic nitrogens is 3. The normalized spacial score (nSPS) is 12.2. The predicted molar refractivity (Wildman–Crippen MR) is 114 cm³/mol. The van der Waals surface area contributed by atoms with E-state index < -0.39 is 0 Å². The number of benzene rings is 2. The molecule has 0 spiro atoms. The van der Waals surface area contributed by atoms with Crippen molar-refractivity contribution < 1.29 is 0 Å². The minimum Gasteiger partial charge on any atom is -0.268 e. The van der Waals surface area contributed by atoms with Gasteiger partial charge < -0.3 is 0 Å². The van der Waals surface area contributed by atoms with E-state index in [0.717, 1.165) is 17.7 Å². The molecule has 0 radical (unpaired) electrons. The van der Waals surface area contributed by atoms with Crippen LogP contribution in [0.5, 0.6) is 0 Å². The number of rotatable bonds is 4. The van der Waals surface area contributed by atoms with Gasteiger partial charge in [-0.1, -0.05) is 49.7 Å². The second-order valence-corrected chi connectivity index (χ2v) is 7.25. The third kappa shape index (κ3) is 3.32. The van der Waals surface area contributed by atoms with Gasteiger partial charge in [0.2, 0.25) is 0 Å². The fraction of sp³-hybridized carbons (Fsp3) is 0.174. The van der Waals surface area contributed by atoms with Crippen LogP contribution in [-0.2, 0) is 0 Å². The molecule has 0 fully saturated rings. The van der Waals surface area contributed by atoms with Crippen LogP contribution in [0.15, 0.2) is 71.7 Å². The zero-order chi connectivity index (χ0) is 19.7. The van der Waals surface area contributed by atoms with Gasteiger partial charge in [0.15, 0.2) is 0 Å². The van der Waals surface area contributed by atoms with Crippen molar-refractivity contribution in [1.82, 2.24) is 14.5 Å². The summed E-state index contributed by atoms with van der Waals surface area (Å²) >= 11 is 5.94. The van der Waals surface area contributed by atoms with E-state index in [0.29, 0.717) is 27.8 Å². The summed E-state index contributed by atoms with van der Waals surface area (Å²) in [6, 6.07) is 19.0. The zero-order valence-corrected chi connectivity index (χ0v) is 16.5. The molecule has 2 aromatic carbocycles. The lowest BCUT2D eigenvalue weighted by molar-refractivity contribution is 0.733. The van der Waals surface area contributed by atoms with Crippen molar-refractivity contribution in [3.05, 3.63) is 87.9 Å². The first-order chi connectivity index (χ1) is 13.6. The topological polar surface area (TPSA) is 47.8 Å². The summed E-state index contributed by atoms with van der Waals surface area (Å²) in [5, 5.41) is 0.982. The molecule has 0 aliphatic heterocycles. The van der Waals surface area contributed by atoms with E-state index in [1.54, 1.807) is 22.9 Å². The summed E-state index contributed by atoms with van der Waals surface area (Å²) < 4.78 is 1.65. The Bertz CT molecular complexity index is 1180. The Labute approximate surface area is 168 Å². The van der Waals surface area contributed by atoms with Crippen molar-refractivity contribution in [3.63, 3.8) is 0 Å². The fourth-order valence-corrected chi connectivity index (χ4v) is 3.37. The Morgan fingerprint density at radius 1 is 1.04 bits per heavy atom. The van der Waals surface area contributed by atoms with Crippen LogP contribution in [0, 0.1) is 0 Å². The van der Waals surface area contributed by atoms with E-state index in [4.69, 9.17) is 16.6 Å². The lowest BCUT2D eigenvalue weighted by Gasteiger charge is -2.15. The number of nitrogens with zero attached hydrogens (tertiary/aromatic N) is 3. The van der Waals surface area contributed by atoms with Gasteiger partial charge >= 0.3 is 0 Å². The highest BCUT2D eigenvalue weighted by Crippen LogP contribution is 2.24. The van der Waals surface area contributed by atoms with E-state index in [2.05, 4.69) is 31.0 Å². The molecule has 1 unspecified atom stereocenters. The first-order valence-corrected chi connectivity index (χ1v) is 9.70. The molecule has 4 nitrogen and oxygen atoms in total. The van der Waals surface area contributed by atoms with Crippen LogP contribution in [0.4, 0.5) is 0 Å². The molecular weight excluding hydrogens is 370 g/mol. The average Bonchev–Trinajstić information content (AvgIpc) is 2.74. The van der Waals surface area contributed by atoms with Crippen molar-refractivity contribution in [2.75, 3.05) is 0 Å². The van der Waals surface area contributed by atoms with Gasteiger partial charge in [0.25, 0.3) is 5.56 Å². The van der Waals surface area contributed by atoms with Gasteiger partial charge in [0.1, 0.15) is 11.0 Å². The molecule has 140 valence electrons. The molecule has 4 aromatic rings. The number of hydrogen-bond donors (Lipinski definition) is 0. The van der Waals surface area contributed by atoms with Gasteiger partial charge in [-0.2, -0.15) is 0 Å². The minimum absolute atomic E-state index is 0.105. The average molecular weight is 390 g/mol. The maximum Gasteiger partial charge on any atom is 0.266 e. The van der Waals surface area contributed by atoms with Gasteiger partial charge in [-0.3, -0.25) is 9.36 Å². The van der Waals surface area contributed by atoms with Crippen molar-refractivity contribution in [2.24, 2.45) is 0 Å². The number of para-hydroxylation sites is 1. The molecule has 0 saturated heterocycles. The quantitative estimate of drug-likeness (QED) is 0.426. The number of fused-ring (bicyclic) bond motifs is 1. The Morgan fingerprint density at radius 3 is 2.46 bits per heavy atom. The fourth-order valence-electron chi connectivity index (χ4n) is 3.26. The Hall–Kier alpha value is -2.98. The molecule has 0 aliphatic carbocycles. The van der Waals surface area contributed by atoms with Crippen LogP contribution in [0.25, 0.3) is 28.0 Å². The van der Waals surface area contributed by atoms with Gasteiger partial charge in [-0.15, -0.1) is 0 Å². The summed E-state index contributed by atoms with van der Waals surface area (Å²) in [5.74, 6) is 1.02. The van der Waals surface area contributed by atoms with Crippen LogP contribution < -0.4 is 5.56 Å². The molecule has 1 atom stereocenters. The van der Waals surface area contributed by atoms with Crippen molar-refractivity contribution >= 4 is 22.5 Å². The Morgan fingerprint density at radius 2 is 1.79 bits per heavy atom. The maximum atomic E-state index is 13.3. The SMILES string of the molecule is CCC(C)c1ccc(-n2c(-c3ccc(Cl)nc3)nc3ccccc3c2=O)cc1. The first-order valence-electron chi connectivity index (χ1n) is 9.32. The summed E-state index contributed by atoms with van der Waals surface area (Å²) in [7, 11) is 0. The molecule has 0 bridgehead atoms. The third-order valence-corrected chi connectivity index (χ3v) is 5.32. The Kier molecular flexibility index (Phi) is 4.97. The predicted octanol–water partition coefficient (Wildman–Crippen LogP) is 5.61. The summed E-state index contributed by atoms with van der Waals surface area (Å²) in [6.07, 6.45) is 2.71. The van der Waals surface area contributed by atoms with Crippen LogP contribution in [-0.4, -0.2) is 14.5 Å². The molecule has 2 heterocycles. The lowest BCUT2D eigenvalue weighted by atomic mass is 9.98. The van der Waals surface area contributed by atoms with Crippen LogP contribution >= 0.6 is 11.6 Å². The highest BCUT2D eigenvalue weighted by Gasteiger charge is 2.15. The third-order valence-electron chi connectivity index (χ3n) is 5.09. The summed E-state index contributed by atoms with van der Waals surface area (Å²) in [4.78, 5) is 22.3. The highest BCUT2D eigenvalue weighted by atomic mass is 35.5. The molecule has 5 heteroatoms. The highest BCUT2D eigenvalue weighted by molar-refractivity contribution is 6.29. The van der Waals surface area contributed by atoms with Crippen LogP contribution in [0.2, 0.25) is 5.15 Å². The molecule has 0 N–H and O–H groups in total. The van der Waals surface area contributed by atoms with Gasteiger partial charge in [0, 0.05) is 11.8 Å². The number of hydrogen-bond acceptors (Lipinski definition) is 3. The van der Waals surface area contributed by atoms with E-state index >= 15 is 0 Å². The number of pyridine rings is 1. The maximum absolute atomic E-state index is 13.3. The van der Waals surface area contributed by atoms with E-state index in [1.165, 1.54) is 5.56 Å². The second kappa shape index (κ2) is 7.56. The van der Waals surface area contributed by atoms with Crippen LogP contribution in [0.3, 0.4) is 0 Å². The monoisotopic (exact) mass is 389 g/mol. The van der Waals surface area contributed by atoms with Crippen molar-refractivity contribution in [2.45, 2.75) is 26.2 Å². The van der Waals surface area contributed by atoms with E-state index in [-0.39, 0.29) is 5.56 Å². The molecular formula is C23H20ClN3O. The minimum atomic E-state index is -0.105. The van der Waals surface area contributed by atoms with Gasteiger partial charge in [-0.05, 0) is 54.3 Å². The van der Waals surface area contributed by atoms with E-state index in [1.807, 2.05) is 36.4 Å². The molecule has 2 aromatic heterocycles. The van der Waals surface area contributed by atoms with E-state index in [9.17, 15) is 4.79 Å². The molecule has 4 rings (SSSR count). The van der Waals surface area contributed by atoms with Crippen molar-refractivity contribution in [3.8, 4) is 17.1 Å². The smallest absolute Gasteiger partial charge is 0.266 e. The largest absolute Gasteiger partial charge is 0.268 e. The Balaban J connectivity index is 1.97. The zero-order valence-electron chi connectivity index (χ0n) is 15.8. The summed E-state index contributed by atoms with van der Waals surface area (Å²) in [6.45, 7) is 4.37. The summed E-state index contributed by atoms with van der Waals surface area (Å²) in [5.41, 5.74) is 3.32. The number of halogens is 1. The standard InChI is InChI=1S/C23H20ClN3O/c1-3-15(2)16-8-11-18(12-9-16)27-22(17-10-13-21(24)25-14-17)26-20-7-5-4-6-19(20)23(27)28/h4-15H,3H2,1-2H3. The first kappa shape index (κ1) is 18.4. The second-order valence-electron chi connectivity index (χ2n) is 6.86. The molecule has 28 heavy (non-hydrogen) atoms. The van der Waals surface area contributed by atoms with Gasteiger partial charge in [-0.25, -0.2) is 9.97 Å². The van der Waals surface area contributed by atoms with Crippen LogP contribution in [0.1, 0.15) is 31.7 Å². The molecule has 0 saturated carbocycles. The van der Waals surface area contributed by atoms with Crippen molar-refractivity contribution in [1.29, 1.82) is 0 Å². The van der Waals surface area contributed by atoms with Gasteiger partial charge in [0.05, 0.1) is 16.6 Å². The molecule has 0 amide bonds.